The van der Waals surface area contributed by atoms with Gasteiger partial charge in [0, 0.05) is 6.54 Å². The fraction of sp³-hybridized carbons (Fsp3) is 0.286. The second-order valence-corrected chi connectivity index (χ2v) is 7.86. The van der Waals surface area contributed by atoms with Gasteiger partial charge in [-0.25, -0.2) is 0 Å². The molecule has 0 aliphatic carbocycles. The topological polar surface area (TPSA) is 82.2 Å². The van der Waals surface area contributed by atoms with Crippen LogP contribution in [0.1, 0.15) is 18.2 Å². The Labute approximate surface area is 174 Å². The van der Waals surface area contributed by atoms with Crippen molar-refractivity contribution in [1.29, 1.82) is 0 Å². The first-order chi connectivity index (χ1) is 13.9. The minimum Gasteiger partial charge on any atom is -0.495 e. The van der Waals surface area contributed by atoms with E-state index in [0.717, 1.165) is 16.9 Å². The number of anilines is 1. The number of allylic oxidation sites excluding steroid dienone is 1. The van der Waals surface area contributed by atoms with E-state index in [1.54, 1.807) is 19.4 Å². The van der Waals surface area contributed by atoms with Gasteiger partial charge in [0.1, 0.15) is 11.5 Å². The van der Waals surface area contributed by atoms with E-state index in [0.29, 0.717) is 29.0 Å². The SMILES string of the molecule is C=CCn1c(S[C@H](C)C(=O)Nc2cc(C)ccc2OC)nnc1-c1ccoc1C. The first kappa shape index (κ1) is 20.7. The summed E-state index contributed by atoms with van der Waals surface area (Å²) in [5.74, 6) is 1.92. The Kier molecular flexibility index (Phi) is 6.43. The van der Waals surface area contributed by atoms with Crippen LogP contribution < -0.4 is 10.1 Å². The average Bonchev–Trinajstić information content (AvgIpc) is 3.28. The van der Waals surface area contributed by atoms with Crippen LogP contribution in [0.25, 0.3) is 11.4 Å². The molecule has 2 heterocycles. The van der Waals surface area contributed by atoms with E-state index in [-0.39, 0.29) is 5.91 Å². The molecule has 0 spiro atoms. The molecule has 0 fully saturated rings. The van der Waals surface area contributed by atoms with E-state index in [4.69, 9.17) is 9.15 Å². The molecule has 0 aliphatic heterocycles. The van der Waals surface area contributed by atoms with Crippen molar-refractivity contribution < 1.29 is 13.9 Å². The molecule has 3 aromatic rings. The molecule has 3 rings (SSSR count). The number of thioether (sulfide) groups is 1. The summed E-state index contributed by atoms with van der Waals surface area (Å²) in [5, 5.41) is 11.8. The molecule has 2 aromatic heterocycles. The molecule has 1 atom stereocenters. The number of carbonyl (C=O) groups is 1. The summed E-state index contributed by atoms with van der Waals surface area (Å²) < 4.78 is 12.7. The molecule has 152 valence electrons. The minimum absolute atomic E-state index is 0.145. The van der Waals surface area contributed by atoms with Crippen molar-refractivity contribution in [2.45, 2.75) is 37.7 Å². The molecule has 0 aliphatic rings. The van der Waals surface area contributed by atoms with Crippen molar-refractivity contribution in [3.63, 3.8) is 0 Å². The van der Waals surface area contributed by atoms with E-state index in [9.17, 15) is 4.79 Å². The van der Waals surface area contributed by atoms with E-state index >= 15 is 0 Å². The molecule has 29 heavy (non-hydrogen) atoms. The van der Waals surface area contributed by atoms with Crippen molar-refractivity contribution >= 4 is 23.4 Å². The number of amides is 1. The summed E-state index contributed by atoms with van der Waals surface area (Å²) in [6, 6.07) is 7.51. The normalized spacial score (nSPS) is 11.9. The molecule has 1 N–H and O–H groups in total. The smallest absolute Gasteiger partial charge is 0.237 e. The number of rotatable bonds is 8. The van der Waals surface area contributed by atoms with Crippen molar-refractivity contribution in [1.82, 2.24) is 14.8 Å². The Morgan fingerprint density at radius 2 is 2.17 bits per heavy atom. The number of hydrogen-bond donors (Lipinski definition) is 1. The molecule has 8 heteroatoms. The van der Waals surface area contributed by atoms with Crippen LogP contribution in [-0.4, -0.2) is 33.0 Å². The molecule has 1 aromatic carbocycles. The van der Waals surface area contributed by atoms with Gasteiger partial charge in [-0.1, -0.05) is 23.9 Å². The van der Waals surface area contributed by atoms with Gasteiger partial charge in [-0.15, -0.1) is 16.8 Å². The standard InChI is InChI=1S/C21H24N4O3S/c1-6-10-25-19(16-9-11-28-14(16)3)23-24-21(25)29-15(4)20(26)22-17-12-13(2)7-8-18(17)27-5/h6-9,11-12,15H,1,10H2,2-5H3,(H,22,26)/t15-/m1/s1. The highest BCUT2D eigenvalue weighted by atomic mass is 32.2. The third-order valence-electron chi connectivity index (χ3n) is 4.39. The van der Waals surface area contributed by atoms with Crippen molar-refractivity contribution in [3.8, 4) is 17.1 Å². The van der Waals surface area contributed by atoms with Crippen molar-refractivity contribution in [2.75, 3.05) is 12.4 Å². The van der Waals surface area contributed by atoms with Gasteiger partial charge in [0.15, 0.2) is 11.0 Å². The molecule has 0 unspecified atom stereocenters. The number of hydrogen-bond acceptors (Lipinski definition) is 6. The maximum Gasteiger partial charge on any atom is 0.237 e. The van der Waals surface area contributed by atoms with Crippen LogP contribution in [0, 0.1) is 13.8 Å². The predicted molar refractivity (Wildman–Crippen MR) is 114 cm³/mol. The van der Waals surface area contributed by atoms with Gasteiger partial charge in [-0.2, -0.15) is 0 Å². The molecule has 1 amide bonds. The lowest BCUT2D eigenvalue weighted by Gasteiger charge is -2.15. The Morgan fingerprint density at radius 3 is 2.83 bits per heavy atom. The number of aryl methyl sites for hydroxylation is 2. The zero-order chi connectivity index (χ0) is 21.0. The summed E-state index contributed by atoms with van der Waals surface area (Å²) in [4.78, 5) is 12.8. The van der Waals surface area contributed by atoms with Crippen LogP contribution in [0.4, 0.5) is 5.69 Å². The van der Waals surface area contributed by atoms with E-state index in [1.165, 1.54) is 11.8 Å². The highest BCUT2D eigenvalue weighted by Gasteiger charge is 2.22. The second-order valence-electron chi connectivity index (χ2n) is 6.55. The average molecular weight is 413 g/mol. The quantitative estimate of drug-likeness (QED) is 0.434. The lowest BCUT2D eigenvalue weighted by atomic mass is 10.2. The number of aromatic nitrogens is 3. The Morgan fingerprint density at radius 1 is 1.38 bits per heavy atom. The van der Waals surface area contributed by atoms with Gasteiger partial charge in [0.05, 0.1) is 29.9 Å². The van der Waals surface area contributed by atoms with Gasteiger partial charge in [-0.05, 0) is 44.5 Å². The molecule has 0 saturated carbocycles. The van der Waals surface area contributed by atoms with Crippen molar-refractivity contribution in [2.24, 2.45) is 0 Å². The van der Waals surface area contributed by atoms with Crippen LogP contribution in [0.5, 0.6) is 5.75 Å². The zero-order valence-corrected chi connectivity index (χ0v) is 17.7. The van der Waals surface area contributed by atoms with Crippen LogP contribution in [-0.2, 0) is 11.3 Å². The molecular formula is C21H24N4O3S. The Hall–Kier alpha value is -3.00. The predicted octanol–water partition coefficient (Wildman–Crippen LogP) is 4.47. The number of benzene rings is 1. The maximum absolute atomic E-state index is 12.8. The van der Waals surface area contributed by atoms with Crippen LogP contribution >= 0.6 is 11.8 Å². The first-order valence-corrected chi connectivity index (χ1v) is 10.0. The molecule has 0 radical (unpaired) electrons. The number of methoxy groups -OCH3 is 1. The lowest BCUT2D eigenvalue weighted by Crippen LogP contribution is -2.23. The van der Waals surface area contributed by atoms with E-state index in [2.05, 4.69) is 22.1 Å². The minimum atomic E-state index is -0.397. The first-order valence-electron chi connectivity index (χ1n) is 9.15. The number of furan rings is 1. The number of nitrogens with one attached hydrogen (secondary N) is 1. The Balaban J connectivity index is 1.80. The zero-order valence-electron chi connectivity index (χ0n) is 16.9. The third kappa shape index (κ3) is 4.54. The monoisotopic (exact) mass is 412 g/mol. The van der Waals surface area contributed by atoms with Crippen molar-refractivity contribution in [3.05, 3.63) is 54.5 Å². The highest BCUT2D eigenvalue weighted by Crippen LogP contribution is 2.30. The maximum atomic E-state index is 12.8. The fourth-order valence-electron chi connectivity index (χ4n) is 2.85. The fourth-order valence-corrected chi connectivity index (χ4v) is 3.71. The van der Waals surface area contributed by atoms with Crippen LogP contribution in [0.15, 0.2) is 52.8 Å². The molecular weight excluding hydrogens is 388 g/mol. The van der Waals surface area contributed by atoms with Gasteiger partial charge in [0.25, 0.3) is 0 Å². The van der Waals surface area contributed by atoms with Gasteiger partial charge in [0.2, 0.25) is 5.91 Å². The van der Waals surface area contributed by atoms with Gasteiger partial charge < -0.3 is 14.5 Å². The molecule has 0 bridgehead atoms. The summed E-state index contributed by atoms with van der Waals surface area (Å²) in [5.41, 5.74) is 2.55. The number of ether oxygens (including phenoxy) is 1. The van der Waals surface area contributed by atoms with Crippen LogP contribution in [0.3, 0.4) is 0 Å². The van der Waals surface area contributed by atoms with E-state index < -0.39 is 5.25 Å². The third-order valence-corrected chi connectivity index (χ3v) is 5.47. The van der Waals surface area contributed by atoms with Gasteiger partial charge >= 0.3 is 0 Å². The summed E-state index contributed by atoms with van der Waals surface area (Å²) in [6.07, 6.45) is 3.39. The Bertz CT molecular complexity index is 1020. The lowest BCUT2D eigenvalue weighted by molar-refractivity contribution is -0.115. The van der Waals surface area contributed by atoms with Crippen LogP contribution in [0.2, 0.25) is 0 Å². The highest BCUT2D eigenvalue weighted by molar-refractivity contribution is 8.00. The van der Waals surface area contributed by atoms with E-state index in [1.807, 2.05) is 49.6 Å². The largest absolute Gasteiger partial charge is 0.495 e. The second kappa shape index (κ2) is 9.00. The number of nitrogens with zero attached hydrogens (tertiary/aromatic N) is 3. The molecule has 0 saturated heterocycles. The summed E-state index contributed by atoms with van der Waals surface area (Å²) >= 11 is 1.34. The summed E-state index contributed by atoms with van der Waals surface area (Å²) in [6.45, 7) is 10.0. The molecule has 7 nitrogen and oxygen atoms in total. The van der Waals surface area contributed by atoms with Gasteiger partial charge in [-0.3, -0.25) is 9.36 Å². The summed E-state index contributed by atoms with van der Waals surface area (Å²) in [7, 11) is 1.58. The number of carbonyl (C=O) groups excluding carboxylic acids is 1.